The third-order valence-corrected chi connectivity index (χ3v) is 6.12. The second kappa shape index (κ2) is 9.17. The van der Waals surface area contributed by atoms with Crippen molar-refractivity contribution < 1.29 is 14.5 Å². The number of esters is 1. The normalized spacial score (nSPS) is 15.9. The zero-order valence-corrected chi connectivity index (χ0v) is 18.6. The van der Waals surface area contributed by atoms with Crippen LogP contribution in [0, 0.1) is 10.1 Å². The predicted octanol–water partition coefficient (Wildman–Crippen LogP) is 2.98. The molecule has 3 aromatic rings. The molecular formula is C24H19N3O5S. The Kier molecular flexibility index (Phi) is 6.14. The van der Waals surface area contributed by atoms with Crippen molar-refractivity contribution in [2.24, 2.45) is 4.99 Å². The molecule has 0 saturated carbocycles. The van der Waals surface area contributed by atoms with Gasteiger partial charge in [0, 0.05) is 12.1 Å². The molecule has 0 radical (unpaired) electrons. The van der Waals surface area contributed by atoms with Gasteiger partial charge in [0.15, 0.2) is 4.80 Å². The zero-order valence-electron chi connectivity index (χ0n) is 17.8. The van der Waals surface area contributed by atoms with Gasteiger partial charge >= 0.3 is 5.97 Å². The summed E-state index contributed by atoms with van der Waals surface area (Å²) in [6.45, 7) is 1.71. The first-order valence-corrected chi connectivity index (χ1v) is 10.8. The molecule has 1 aliphatic rings. The third kappa shape index (κ3) is 4.44. The lowest BCUT2D eigenvalue weighted by Crippen LogP contribution is -2.38. The van der Waals surface area contributed by atoms with Gasteiger partial charge in [-0.15, -0.1) is 0 Å². The maximum Gasteiger partial charge on any atom is 0.338 e. The Morgan fingerprint density at radius 1 is 1.15 bits per heavy atom. The maximum atomic E-state index is 13.3. The highest BCUT2D eigenvalue weighted by Gasteiger charge is 2.30. The molecule has 0 saturated heterocycles. The number of non-ortho nitro benzene ring substituents is 1. The summed E-state index contributed by atoms with van der Waals surface area (Å²) < 4.78 is 6.84. The van der Waals surface area contributed by atoms with Crippen LogP contribution in [0.3, 0.4) is 0 Å². The van der Waals surface area contributed by atoms with Crippen LogP contribution in [0.5, 0.6) is 0 Å². The van der Waals surface area contributed by atoms with Crippen molar-refractivity contribution in [2.45, 2.75) is 13.0 Å². The first-order chi connectivity index (χ1) is 15.9. The number of carbonyl (C=O) groups excluding carboxylic acids is 1. The van der Waals surface area contributed by atoms with Crippen molar-refractivity contribution in [2.75, 3.05) is 7.11 Å². The number of allylic oxidation sites excluding steroid dienone is 2. The molecule has 8 nitrogen and oxygen atoms in total. The number of nitro groups is 1. The van der Waals surface area contributed by atoms with Gasteiger partial charge in [-0.3, -0.25) is 19.5 Å². The summed E-state index contributed by atoms with van der Waals surface area (Å²) >= 11 is 1.19. The SMILES string of the molecule is COC(=O)C1=C(C)N=c2sc(=Cc3ccc([N+](=O)[O-])cc3)c(=O)n2[C@H]1/C=C\c1ccccc1. The summed E-state index contributed by atoms with van der Waals surface area (Å²) in [5.41, 5.74) is 1.99. The molecule has 1 aliphatic heterocycles. The topological polar surface area (TPSA) is 104 Å². The molecular weight excluding hydrogens is 442 g/mol. The molecule has 0 amide bonds. The number of hydrogen-bond acceptors (Lipinski definition) is 7. The molecule has 0 spiro atoms. The first-order valence-electron chi connectivity index (χ1n) is 9.97. The molecule has 1 aromatic heterocycles. The van der Waals surface area contributed by atoms with E-state index >= 15 is 0 Å². The predicted molar refractivity (Wildman–Crippen MR) is 125 cm³/mol. The van der Waals surface area contributed by atoms with Gasteiger partial charge < -0.3 is 4.74 Å². The van der Waals surface area contributed by atoms with Crippen LogP contribution < -0.4 is 14.9 Å². The molecule has 2 heterocycles. The Morgan fingerprint density at radius 3 is 2.48 bits per heavy atom. The molecule has 33 heavy (non-hydrogen) atoms. The summed E-state index contributed by atoms with van der Waals surface area (Å²) in [7, 11) is 1.29. The molecule has 4 rings (SSSR count). The third-order valence-electron chi connectivity index (χ3n) is 5.14. The van der Waals surface area contributed by atoms with Gasteiger partial charge in [0.05, 0.1) is 33.9 Å². The van der Waals surface area contributed by atoms with Gasteiger partial charge in [0.25, 0.3) is 11.2 Å². The fraction of sp³-hybridized carbons (Fsp3) is 0.125. The van der Waals surface area contributed by atoms with Gasteiger partial charge in [0.1, 0.15) is 0 Å². The van der Waals surface area contributed by atoms with Crippen molar-refractivity contribution >= 4 is 35.1 Å². The Bertz CT molecular complexity index is 1460. The van der Waals surface area contributed by atoms with Crippen LogP contribution in [0.4, 0.5) is 5.69 Å². The highest BCUT2D eigenvalue weighted by Crippen LogP contribution is 2.26. The number of nitro benzene ring substituents is 1. The summed E-state index contributed by atoms with van der Waals surface area (Å²) in [4.78, 5) is 41.2. The van der Waals surface area contributed by atoms with E-state index in [0.717, 1.165) is 5.56 Å². The van der Waals surface area contributed by atoms with Gasteiger partial charge in [-0.25, -0.2) is 9.79 Å². The van der Waals surface area contributed by atoms with E-state index in [1.807, 2.05) is 36.4 Å². The lowest BCUT2D eigenvalue weighted by Gasteiger charge is -2.21. The average Bonchev–Trinajstić information content (AvgIpc) is 3.12. The number of methoxy groups -OCH3 is 1. The second-order valence-electron chi connectivity index (χ2n) is 7.23. The Balaban J connectivity index is 1.84. The van der Waals surface area contributed by atoms with Crippen LogP contribution in [-0.4, -0.2) is 22.6 Å². The van der Waals surface area contributed by atoms with E-state index in [9.17, 15) is 19.7 Å². The van der Waals surface area contributed by atoms with E-state index in [-0.39, 0.29) is 11.2 Å². The molecule has 0 bridgehead atoms. The fourth-order valence-electron chi connectivity index (χ4n) is 3.53. The number of fused-ring (bicyclic) bond motifs is 1. The van der Waals surface area contributed by atoms with Crippen molar-refractivity contribution in [3.63, 3.8) is 0 Å². The summed E-state index contributed by atoms with van der Waals surface area (Å²) in [6, 6.07) is 14.8. The van der Waals surface area contributed by atoms with E-state index in [2.05, 4.69) is 4.99 Å². The number of ether oxygens (including phenoxy) is 1. The number of thiazole rings is 1. The quantitative estimate of drug-likeness (QED) is 0.330. The number of carbonyl (C=O) groups is 1. The monoisotopic (exact) mass is 461 g/mol. The highest BCUT2D eigenvalue weighted by atomic mass is 32.1. The molecule has 9 heteroatoms. The molecule has 166 valence electrons. The van der Waals surface area contributed by atoms with Gasteiger partial charge in [-0.2, -0.15) is 0 Å². The minimum Gasteiger partial charge on any atom is -0.466 e. The number of aromatic nitrogens is 1. The minimum absolute atomic E-state index is 0.0296. The number of hydrogen-bond donors (Lipinski definition) is 0. The average molecular weight is 461 g/mol. The standard InChI is InChI=1S/C24H19N3O5S/c1-15-21(23(29)32-2)19(13-10-16-6-4-3-5-7-16)26-22(28)20(33-24(26)25-15)14-17-8-11-18(12-9-17)27(30)31/h3-14,19H,1-2H3/b13-10-,20-14?/t19-/m0/s1. The molecule has 0 aliphatic carbocycles. The Labute approximate surface area is 192 Å². The van der Waals surface area contributed by atoms with Gasteiger partial charge in [0.2, 0.25) is 0 Å². The van der Waals surface area contributed by atoms with Crippen LogP contribution in [0.25, 0.3) is 12.2 Å². The summed E-state index contributed by atoms with van der Waals surface area (Å²) in [5.74, 6) is -0.552. The fourth-order valence-corrected chi connectivity index (χ4v) is 4.58. The van der Waals surface area contributed by atoms with Crippen LogP contribution in [0.1, 0.15) is 24.1 Å². The van der Waals surface area contributed by atoms with Crippen molar-refractivity contribution in [1.82, 2.24) is 4.57 Å². The van der Waals surface area contributed by atoms with E-state index in [0.29, 0.717) is 26.2 Å². The van der Waals surface area contributed by atoms with Crippen LogP contribution >= 0.6 is 11.3 Å². The largest absolute Gasteiger partial charge is 0.466 e. The smallest absolute Gasteiger partial charge is 0.338 e. The van der Waals surface area contributed by atoms with E-state index in [1.54, 1.807) is 31.2 Å². The Morgan fingerprint density at radius 2 is 1.85 bits per heavy atom. The summed E-state index contributed by atoms with van der Waals surface area (Å²) in [5, 5.41) is 10.9. The second-order valence-corrected chi connectivity index (χ2v) is 8.24. The molecule has 0 N–H and O–H groups in total. The van der Waals surface area contributed by atoms with E-state index in [4.69, 9.17) is 4.74 Å². The maximum absolute atomic E-state index is 13.3. The van der Waals surface area contributed by atoms with Crippen LogP contribution in [0.2, 0.25) is 0 Å². The molecule has 0 unspecified atom stereocenters. The molecule has 2 aromatic carbocycles. The molecule has 0 fully saturated rings. The minimum atomic E-state index is -0.687. The zero-order chi connectivity index (χ0) is 23.5. The van der Waals surface area contributed by atoms with E-state index < -0.39 is 16.9 Å². The van der Waals surface area contributed by atoms with Crippen molar-refractivity contribution in [3.05, 3.63) is 113 Å². The van der Waals surface area contributed by atoms with Gasteiger partial charge in [-0.05, 0) is 36.3 Å². The summed E-state index contributed by atoms with van der Waals surface area (Å²) in [6.07, 6.45) is 5.29. The van der Waals surface area contributed by atoms with Crippen molar-refractivity contribution in [3.8, 4) is 0 Å². The lowest BCUT2D eigenvalue weighted by atomic mass is 10.0. The van der Waals surface area contributed by atoms with Crippen LogP contribution in [0.15, 0.2) is 81.7 Å². The number of rotatable bonds is 5. The van der Waals surface area contributed by atoms with Gasteiger partial charge in [-0.1, -0.05) is 53.8 Å². The molecule has 1 atom stereocenters. The first kappa shape index (κ1) is 22.1. The van der Waals surface area contributed by atoms with Crippen molar-refractivity contribution in [1.29, 1.82) is 0 Å². The number of benzene rings is 2. The Hall–Kier alpha value is -4.11. The highest BCUT2D eigenvalue weighted by molar-refractivity contribution is 7.07. The number of nitrogens with zero attached hydrogens (tertiary/aromatic N) is 3. The van der Waals surface area contributed by atoms with Crippen LogP contribution in [-0.2, 0) is 9.53 Å². The lowest BCUT2D eigenvalue weighted by molar-refractivity contribution is -0.384. The van der Waals surface area contributed by atoms with E-state index in [1.165, 1.54) is 35.1 Å².